The van der Waals surface area contributed by atoms with Gasteiger partial charge in [0.2, 0.25) is 0 Å². The summed E-state index contributed by atoms with van der Waals surface area (Å²) >= 11 is 0. The minimum absolute atomic E-state index is 0.107. The molecule has 4 heteroatoms. The van der Waals surface area contributed by atoms with Crippen molar-refractivity contribution in [1.82, 2.24) is 10.3 Å². The first-order valence-corrected chi connectivity index (χ1v) is 9.61. The van der Waals surface area contributed by atoms with Crippen LogP contribution in [-0.2, 0) is 18.3 Å². The number of aromatic nitrogens is 1. The number of pyridine rings is 1. The van der Waals surface area contributed by atoms with Gasteiger partial charge in [-0.05, 0) is 48.6 Å². The lowest BCUT2D eigenvalue weighted by Gasteiger charge is -2.38. The zero-order valence-corrected chi connectivity index (χ0v) is 16.0. The molecule has 28 heavy (non-hydrogen) atoms. The van der Waals surface area contributed by atoms with Crippen LogP contribution in [0.25, 0.3) is 0 Å². The van der Waals surface area contributed by atoms with E-state index in [1.165, 1.54) is 16.8 Å². The highest BCUT2D eigenvalue weighted by atomic mass is 16.5. The van der Waals surface area contributed by atoms with E-state index in [4.69, 9.17) is 4.74 Å². The summed E-state index contributed by atoms with van der Waals surface area (Å²) < 4.78 is 5.35. The number of aryl methyl sites for hydroxylation is 1. The van der Waals surface area contributed by atoms with Gasteiger partial charge in [-0.2, -0.15) is 0 Å². The molecular formula is C24H24N2O2. The third-order valence-corrected chi connectivity index (χ3v) is 5.68. The largest absolute Gasteiger partial charge is 0.496 e. The van der Waals surface area contributed by atoms with E-state index in [9.17, 15) is 4.79 Å². The predicted octanol–water partition coefficient (Wildman–Crippen LogP) is 3.95. The average Bonchev–Trinajstić information content (AvgIpc) is 2.78. The van der Waals surface area contributed by atoms with E-state index in [-0.39, 0.29) is 11.3 Å². The van der Waals surface area contributed by atoms with Crippen molar-refractivity contribution in [3.8, 4) is 5.75 Å². The van der Waals surface area contributed by atoms with Gasteiger partial charge in [0, 0.05) is 23.9 Å². The molecule has 0 spiro atoms. The Bertz CT molecular complexity index is 971. The highest BCUT2D eigenvalue weighted by Crippen LogP contribution is 2.37. The molecule has 1 N–H and O–H groups in total. The molecule has 4 nitrogen and oxygen atoms in total. The second-order valence-electron chi connectivity index (χ2n) is 7.32. The molecule has 3 aromatic rings. The zero-order chi connectivity index (χ0) is 19.4. The molecule has 0 fully saturated rings. The molecule has 1 aliphatic rings. The molecule has 1 heterocycles. The lowest BCUT2D eigenvalue weighted by Crippen LogP contribution is -2.44. The molecular weight excluding hydrogens is 348 g/mol. The van der Waals surface area contributed by atoms with Crippen molar-refractivity contribution in [3.63, 3.8) is 0 Å². The van der Waals surface area contributed by atoms with Gasteiger partial charge in [0.1, 0.15) is 5.75 Å². The fourth-order valence-corrected chi connectivity index (χ4v) is 4.14. The monoisotopic (exact) mass is 372 g/mol. The molecule has 0 saturated carbocycles. The van der Waals surface area contributed by atoms with Crippen LogP contribution in [0, 0.1) is 0 Å². The summed E-state index contributed by atoms with van der Waals surface area (Å²) in [6.45, 7) is 0.572. The first-order valence-electron chi connectivity index (χ1n) is 9.61. The first kappa shape index (κ1) is 18.2. The van der Waals surface area contributed by atoms with E-state index in [0.717, 1.165) is 19.3 Å². The van der Waals surface area contributed by atoms with Gasteiger partial charge >= 0.3 is 0 Å². The van der Waals surface area contributed by atoms with Crippen molar-refractivity contribution in [2.24, 2.45) is 0 Å². The quantitative estimate of drug-likeness (QED) is 0.738. The Morgan fingerprint density at radius 2 is 1.86 bits per heavy atom. The molecule has 1 aromatic heterocycles. The Morgan fingerprint density at radius 1 is 1.07 bits per heavy atom. The van der Waals surface area contributed by atoms with Gasteiger partial charge in [0.15, 0.2) is 0 Å². The molecule has 142 valence electrons. The number of nitrogens with zero attached hydrogens (tertiary/aromatic N) is 1. The number of para-hydroxylation sites is 1. The number of carbonyl (C=O) groups is 1. The lowest BCUT2D eigenvalue weighted by atomic mass is 9.68. The summed E-state index contributed by atoms with van der Waals surface area (Å²) in [5.41, 5.74) is 4.11. The zero-order valence-electron chi connectivity index (χ0n) is 16.0. The summed E-state index contributed by atoms with van der Waals surface area (Å²) in [6, 6.07) is 22.0. The summed E-state index contributed by atoms with van der Waals surface area (Å²) in [7, 11) is 1.59. The van der Waals surface area contributed by atoms with Gasteiger partial charge < -0.3 is 10.1 Å². The van der Waals surface area contributed by atoms with Crippen LogP contribution >= 0.6 is 0 Å². The highest BCUT2D eigenvalue weighted by Gasteiger charge is 2.37. The smallest absolute Gasteiger partial charge is 0.255 e. The Labute approximate surface area is 165 Å². The van der Waals surface area contributed by atoms with Crippen LogP contribution in [0.15, 0.2) is 72.9 Å². The molecule has 0 aliphatic heterocycles. The van der Waals surface area contributed by atoms with Crippen LogP contribution in [0.2, 0.25) is 0 Å². The van der Waals surface area contributed by atoms with Crippen LogP contribution in [0.1, 0.15) is 33.6 Å². The number of methoxy groups -OCH3 is 1. The molecule has 1 aliphatic carbocycles. The number of rotatable bonds is 5. The maximum atomic E-state index is 12.9. The van der Waals surface area contributed by atoms with E-state index in [1.807, 2.05) is 36.5 Å². The van der Waals surface area contributed by atoms with Gasteiger partial charge in [0.25, 0.3) is 5.91 Å². The maximum absolute atomic E-state index is 12.9. The van der Waals surface area contributed by atoms with Crippen LogP contribution in [0.3, 0.4) is 0 Å². The van der Waals surface area contributed by atoms with Gasteiger partial charge in [-0.3, -0.25) is 9.78 Å². The average molecular weight is 372 g/mol. The minimum Gasteiger partial charge on any atom is -0.496 e. The fraction of sp³-hybridized carbons (Fsp3) is 0.250. The van der Waals surface area contributed by atoms with E-state index in [1.54, 1.807) is 13.2 Å². The van der Waals surface area contributed by atoms with Gasteiger partial charge in [-0.1, -0.05) is 48.5 Å². The molecule has 0 radical (unpaired) electrons. The highest BCUT2D eigenvalue weighted by molar-refractivity contribution is 5.97. The summed E-state index contributed by atoms with van der Waals surface area (Å²) in [4.78, 5) is 17.4. The maximum Gasteiger partial charge on any atom is 0.255 e. The van der Waals surface area contributed by atoms with Crippen molar-refractivity contribution in [2.75, 3.05) is 13.7 Å². The first-order chi connectivity index (χ1) is 13.7. The van der Waals surface area contributed by atoms with Crippen LogP contribution in [-0.4, -0.2) is 24.5 Å². The molecule has 2 aromatic carbocycles. The second kappa shape index (κ2) is 7.85. The van der Waals surface area contributed by atoms with E-state index in [0.29, 0.717) is 17.9 Å². The van der Waals surface area contributed by atoms with E-state index in [2.05, 4.69) is 40.6 Å². The van der Waals surface area contributed by atoms with Crippen molar-refractivity contribution >= 4 is 5.91 Å². The third-order valence-electron chi connectivity index (χ3n) is 5.68. The van der Waals surface area contributed by atoms with Crippen LogP contribution in [0.4, 0.5) is 0 Å². The number of benzene rings is 2. The van der Waals surface area contributed by atoms with Crippen molar-refractivity contribution in [2.45, 2.75) is 24.7 Å². The van der Waals surface area contributed by atoms with Gasteiger partial charge in [-0.25, -0.2) is 0 Å². The number of amides is 1. The second-order valence-corrected chi connectivity index (χ2v) is 7.32. The van der Waals surface area contributed by atoms with Crippen LogP contribution in [0.5, 0.6) is 5.75 Å². The summed E-state index contributed by atoms with van der Waals surface area (Å²) in [5, 5.41) is 3.17. The SMILES string of the molecule is COc1ccccc1C(=O)NCC1(c2ccccc2)CCc2ncccc2C1. The summed E-state index contributed by atoms with van der Waals surface area (Å²) in [6.07, 6.45) is 4.59. The van der Waals surface area contributed by atoms with Gasteiger partial charge in [-0.15, -0.1) is 0 Å². The van der Waals surface area contributed by atoms with Crippen molar-refractivity contribution in [3.05, 3.63) is 95.3 Å². The Balaban J connectivity index is 1.62. The number of ether oxygens (including phenoxy) is 1. The Kier molecular flexibility index (Phi) is 5.11. The van der Waals surface area contributed by atoms with Gasteiger partial charge in [0.05, 0.1) is 12.7 Å². The molecule has 1 atom stereocenters. The van der Waals surface area contributed by atoms with Crippen LogP contribution < -0.4 is 10.1 Å². The lowest BCUT2D eigenvalue weighted by molar-refractivity contribution is 0.0937. The number of fused-ring (bicyclic) bond motifs is 1. The number of hydrogen-bond acceptors (Lipinski definition) is 3. The normalized spacial score (nSPS) is 18.2. The minimum atomic E-state index is -0.144. The third kappa shape index (κ3) is 3.50. The fourth-order valence-electron chi connectivity index (χ4n) is 4.14. The van der Waals surface area contributed by atoms with E-state index >= 15 is 0 Å². The summed E-state index contributed by atoms with van der Waals surface area (Å²) in [5.74, 6) is 0.483. The Hall–Kier alpha value is -3.14. The molecule has 0 saturated heterocycles. The molecule has 1 amide bonds. The van der Waals surface area contributed by atoms with E-state index < -0.39 is 0 Å². The Morgan fingerprint density at radius 3 is 2.68 bits per heavy atom. The topological polar surface area (TPSA) is 51.2 Å². The standard InChI is InChI=1S/C24H24N2O2/c1-28-22-12-6-5-11-20(22)23(27)26-17-24(19-9-3-2-4-10-19)14-13-21-18(16-24)8-7-15-25-21/h2-12,15H,13-14,16-17H2,1H3,(H,26,27). The van der Waals surface area contributed by atoms with Crippen molar-refractivity contribution in [1.29, 1.82) is 0 Å². The number of nitrogens with one attached hydrogen (secondary N) is 1. The number of carbonyl (C=O) groups excluding carboxylic acids is 1. The van der Waals surface area contributed by atoms with Crippen molar-refractivity contribution < 1.29 is 9.53 Å². The number of hydrogen-bond donors (Lipinski definition) is 1. The molecule has 0 bridgehead atoms. The molecule has 4 rings (SSSR count). The molecule has 1 unspecified atom stereocenters. The predicted molar refractivity (Wildman–Crippen MR) is 110 cm³/mol.